The van der Waals surface area contributed by atoms with Crippen LogP contribution >= 0.6 is 11.3 Å². The minimum absolute atomic E-state index is 0.0232. The van der Waals surface area contributed by atoms with Crippen LogP contribution in [0.3, 0.4) is 0 Å². The Morgan fingerprint density at radius 1 is 1.36 bits per heavy atom. The van der Waals surface area contributed by atoms with E-state index in [0.717, 1.165) is 0 Å². The number of nitrogens with one attached hydrogen (secondary N) is 1. The van der Waals surface area contributed by atoms with Crippen molar-refractivity contribution in [2.75, 3.05) is 25.0 Å². The average Bonchev–Trinajstić information content (AvgIpc) is 3.02. The summed E-state index contributed by atoms with van der Waals surface area (Å²) >= 11 is 0.663. The molecular weight excluding hydrogens is 386 g/mol. The van der Waals surface area contributed by atoms with Crippen LogP contribution in [0.1, 0.15) is 11.6 Å². The van der Waals surface area contributed by atoms with Gasteiger partial charge < -0.3 is 10.1 Å². The molecular formula is C14H17N3O5S3. The van der Waals surface area contributed by atoms with Gasteiger partial charge in [0, 0.05) is 11.6 Å². The molecule has 11 heteroatoms. The van der Waals surface area contributed by atoms with Crippen LogP contribution in [0.2, 0.25) is 0 Å². The van der Waals surface area contributed by atoms with E-state index in [1.165, 1.54) is 17.5 Å². The minimum Gasteiger partial charge on any atom is -0.497 e. The van der Waals surface area contributed by atoms with Crippen LogP contribution in [0.15, 0.2) is 38.8 Å². The lowest BCUT2D eigenvalue weighted by Crippen LogP contribution is -2.42. The quantitative estimate of drug-likeness (QED) is 0.782. The summed E-state index contributed by atoms with van der Waals surface area (Å²) in [5, 5.41) is 8.19. The minimum atomic E-state index is -3.98. The van der Waals surface area contributed by atoms with Crippen molar-refractivity contribution in [3.63, 3.8) is 0 Å². The molecule has 1 aromatic heterocycles. The molecule has 25 heavy (non-hydrogen) atoms. The van der Waals surface area contributed by atoms with Crippen molar-refractivity contribution in [2.45, 2.75) is 14.5 Å². The van der Waals surface area contributed by atoms with Crippen LogP contribution in [-0.4, -0.2) is 37.5 Å². The summed E-state index contributed by atoms with van der Waals surface area (Å²) in [6.45, 7) is 0.125. The van der Waals surface area contributed by atoms with Crippen molar-refractivity contribution >= 4 is 37.1 Å². The second-order valence-corrected chi connectivity index (χ2v) is 10.3. The topological polar surface area (TPSA) is 119 Å². The van der Waals surface area contributed by atoms with Crippen LogP contribution in [-0.2, 0) is 20.0 Å². The summed E-state index contributed by atoms with van der Waals surface area (Å²) in [5.74, 6) is 0.524. The number of hydrogen-bond donors (Lipinski definition) is 2. The molecule has 2 heterocycles. The smallest absolute Gasteiger partial charge is 0.274 e. The molecule has 8 nitrogen and oxygen atoms in total. The van der Waals surface area contributed by atoms with Crippen LogP contribution in [0.25, 0.3) is 0 Å². The number of anilines is 1. The number of primary sulfonamides is 1. The van der Waals surface area contributed by atoms with Gasteiger partial charge in [0.15, 0.2) is 0 Å². The number of thiophene rings is 1. The lowest BCUT2D eigenvalue weighted by atomic mass is 10.1. The Hall–Kier alpha value is -1.66. The van der Waals surface area contributed by atoms with E-state index < -0.39 is 20.0 Å². The first-order valence-corrected chi connectivity index (χ1v) is 11.0. The number of nitrogens with zero attached hydrogens (tertiary/aromatic N) is 1. The Bertz CT molecular complexity index is 1010. The predicted molar refractivity (Wildman–Crippen MR) is 95.0 cm³/mol. The van der Waals surface area contributed by atoms with Gasteiger partial charge in [0.25, 0.3) is 10.0 Å². The summed E-state index contributed by atoms with van der Waals surface area (Å²) in [6, 6.07) is 7.65. The number of fused-ring (bicyclic) bond motifs is 1. The average molecular weight is 404 g/mol. The van der Waals surface area contributed by atoms with Gasteiger partial charge in [-0.15, -0.1) is 11.3 Å². The molecule has 0 amide bonds. The molecule has 0 spiro atoms. The third-order valence-electron chi connectivity index (χ3n) is 3.92. The maximum atomic E-state index is 13.0. The number of methoxy groups -OCH3 is 1. The zero-order chi connectivity index (χ0) is 18.4. The van der Waals surface area contributed by atoms with Crippen LogP contribution in [0, 0.1) is 0 Å². The van der Waals surface area contributed by atoms with Crippen molar-refractivity contribution in [1.82, 2.24) is 5.32 Å². The molecule has 0 fully saturated rings. The summed E-state index contributed by atoms with van der Waals surface area (Å²) in [6.07, 6.45) is 0. The van der Waals surface area contributed by atoms with E-state index in [4.69, 9.17) is 9.88 Å². The first kappa shape index (κ1) is 18.1. The van der Waals surface area contributed by atoms with E-state index in [1.807, 2.05) is 0 Å². The van der Waals surface area contributed by atoms with E-state index in [0.29, 0.717) is 28.3 Å². The number of ether oxygens (including phenoxy) is 1. The molecule has 1 aromatic carbocycles. The highest BCUT2D eigenvalue weighted by atomic mass is 32.3. The third kappa shape index (κ3) is 3.13. The molecule has 0 unspecified atom stereocenters. The van der Waals surface area contributed by atoms with E-state index in [2.05, 4.69) is 5.32 Å². The molecule has 1 aliphatic rings. The fourth-order valence-corrected chi connectivity index (χ4v) is 6.92. The zero-order valence-electron chi connectivity index (χ0n) is 13.5. The normalized spacial score (nSPS) is 19.5. The molecule has 136 valence electrons. The highest BCUT2D eigenvalue weighted by Gasteiger charge is 2.39. The SMILES string of the molecule is CN[C@H]1CN(c2cccc(OC)c2)S(=O)(=O)c2sc(S(N)(=O)=O)cc21. The van der Waals surface area contributed by atoms with Gasteiger partial charge in [0.2, 0.25) is 10.0 Å². The monoisotopic (exact) mass is 403 g/mol. The molecule has 1 aliphatic heterocycles. The third-order valence-corrected chi connectivity index (χ3v) is 8.81. The molecule has 0 radical (unpaired) electrons. The van der Waals surface area contributed by atoms with Gasteiger partial charge in [0.05, 0.1) is 25.4 Å². The largest absolute Gasteiger partial charge is 0.497 e. The summed E-state index contributed by atoms with van der Waals surface area (Å²) in [7, 11) is -4.71. The fourth-order valence-electron chi connectivity index (χ4n) is 2.67. The van der Waals surface area contributed by atoms with Crippen LogP contribution in [0.5, 0.6) is 5.75 Å². The standard InChI is InChI=1S/C14H17N3O5S3/c1-16-12-8-17(9-4-3-5-10(6-9)22-2)25(20,21)14-11(12)7-13(23-14)24(15,18)19/h3-7,12,16H,8H2,1-2H3,(H2,15,18,19)/t12-/m0/s1. The lowest BCUT2D eigenvalue weighted by Gasteiger charge is -2.33. The van der Waals surface area contributed by atoms with Crippen molar-refractivity contribution in [3.05, 3.63) is 35.9 Å². The predicted octanol–water partition coefficient (Wildman–Crippen LogP) is 0.873. The summed E-state index contributed by atoms with van der Waals surface area (Å²) < 4.78 is 55.5. The van der Waals surface area contributed by atoms with Gasteiger partial charge in [-0.2, -0.15) is 0 Å². The van der Waals surface area contributed by atoms with Gasteiger partial charge in [-0.3, -0.25) is 4.31 Å². The van der Waals surface area contributed by atoms with Gasteiger partial charge >= 0.3 is 0 Å². The highest BCUT2D eigenvalue weighted by molar-refractivity contribution is 7.96. The molecule has 1 atom stereocenters. The first-order valence-electron chi connectivity index (χ1n) is 7.19. The molecule has 3 N–H and O–H groups in total. The molecule has 3 rings (SSSR count). The van der Waals surface area contributed by atoms with Gasteiger partial charge in [-0.05, 0) is 25.2 Å². The molecule has 0 saturated heterocycles. The molecule has 0 aliphatic carbocycles. The Morgan fingerprint density at radius 2 is 2.08 bits per heavy atom. The van der Waals surface area contributed by atoms with Crippen LogP contribution in [0.4, 0.5) is 5.69 Å². The van der Waals surface area contributed by atoms with Crippen molar-refractivity contribution in [3.8, 4) is 5.75 Å². The Balaban J connectivity index is 2.18. The van der Waals surface area contributed by atoms with E-state index >= 15 is 0 Å². The first-order chi connectivity index (χ1) is 11.7. The summed E-state index contributed by atoms with van der Waals surface area (Å²) in [5.41, 5.74) is 0.853. The van der Waals surface area contributed by atoms with Gasteiger partial charge in [0.1, 0.15) is 14.2 Å². The van der Waals surface area contributed by atoms with E-state index in [1.54, 1.807) is 31.3 Å². The molecule has 2 aromatic rings. The van der Waals surface area contributed by atoms with Crippen molar-refractivity contribution in [2.24, 2.45) is 5.14 Å². The van der Waals surface area contributed by atoms with E-state index in [-0.39, 0.29) is 21.0 Å². The second kappa shape index (κ2) is 6.25. The highest BCUT2D eigenvalue weighted by Crippen LogP contribution is 2.41. The fraction of sp³-hybridized carbons (Fsp3) is 0.286. The number of benzene rings is 1. The van der Waals surface area contributed by atoms with Crippen LogP contribution < -0.4 is 19.5 Å². The summed E-state index contributed by atoms with van der Waals surface area (Å²) in [4.78, 5) is 0. The molecule has 0 saturated carbocycles. The van der Waals surface area contributed by atoms with Gasteiger partial charge in [-0.25, -0.2) is 22.0 Å². The number of nitrogens with two attached hydrogens (primary N) is 1. The number of sulfonamides is 2. The van der Waals surface area contributed by atoms with Crippen molar-refractivity contribution in [1.29, 1.82) is 0 Å². The number of likely N-dealkylation sites (N-methyl/N-ethyl adjacent to an activating group) is 1. The maximum Gasteiger partial charge on any atom is 0.274 e. The second-order valence-electron chi connectivity index (χ2n) is 5.43. The molecule has 0 bridgehead atoms. The van der Waals surface area contributed by atoms with E-state index in [9.17, 15) is 16.8 Å². The lowest BCUT2D eigenvalue weighted by molar-refractivity contribution is 0.415. The number of rotatable bonds is 4. The number of hydrogen-bond acceptors (Lipinski definition) is 7. The Morgan fingerprint density at radius 3 is 2.68 bits per heavy atom. The Labute approximate surface area is 150 Å². The Kier molecular flexibility index (Phi) is 4.54. The maximum absolute atomic E-state index is 13.0. The van der Waals surface area contributed by atoms with Gasteiger partial charge in [-0.1, -0.05) is 6.07 Å². The van der Waals surface area contributed by atoms with Crippen molar-refractivity contribution < 1.29 is 21.6 Å². The zero-order valence-corrected chi connectivity index (χ0v) is 15.9.